The summed E-state index contributed by atoms with van der Waals surface area (Å²) in [5, 5.41) is 8.46. The number of hydrogen-bond acceptors (Lipinski definition) is 3. The largest absolute Gasteiger partial charge is 0.325 e. The van der Waals surface area contributed by atoms with Gasteiger partial charge < -0.3 is 4.90 Å². The summed E-state index contributed by atoms with van der Waals surface area (Å²) in [4.78, 5) is 24.2. The van der Waals surface area contributed by atoms with Gasteiger partial charge in [0, 0.05) is 12.1 Å². The van der Waals surface area contributed by atoms with Crippen molar-refractivity contribution in [1.82, 2.24) is 10.4 Å². The van der Waals surface area contributed by atoms with Crippen LogP contribution in [0.4, 0.5) is 0 Å². The van der Waals surface area contributed by atoms with Crippen molar-refractivity contribution in [2.24, 2.45) is 0 Å². The number of amides is 2. The maximum absolute atomic E-state index is 12.0. The number of benzene rings is 1. The molecular formula is C11H12N2O3. The highest BCUT2D eigenvalue weighted by Crippen LogP contribution is 2.23. The highest BCUT2D eigenvalue weighted by Gasteiger charge is 2.28. The minimum atomic E-state index is -1.43. The fourth-order valence-corrected chi connectivity index (χ4v) is 1.71. The van der Waals surface area contributed by atoms with E-state index in [9.17, 15) is 9.59 Å². The summed E-state index contributed by atoms with van der Waals surface area (Å²) in [6.45, 7) is 0.658. The molecule has 1 atom stereocenters. The lowest BCUT2D eigenvalue weighted by Crippen LogP contribution is -2.35. The van der Waals surface area contributed by atoms with Crippen molar-refractivity contribution in [3.63, 3.8) is 0 Å². The van der Waals surface area contributed by atoms with E-state index in [0.717, 1.165) is 16.0 Å². The van der Waals surface area contributed by atoms with E-state index in [1.54, 1.807) is 6.07 Å². The molecule has 2 rings (SSSR count). The van der Waals surface area contributed by atoms with E-state index in [-0.39, 0.29) is 12.5 Å². The molecule has 0 radical (unpaired) electrons. The third kappa shape index (κ3) is 1.77. The van der Waals surface area contributed by atoms with Crippen LogP contribution in [0.15, 0.2) is 18.2 Å². The van der Waals surface area contributed by atoms with Gasteiger partial charge in [-0.2, -0.15) is 0 Å². The third-order valence-electron chi connectivity index (χ3n) is 2.48. The van der Waals surface area contributed by atoms with Gasteiger partial charge in [-0.25, -0.2) is 5.48 Å². The second kappa shape index (κ2) is 3.94. The fraction of sp³-hybridized carbons (Fsp3) is 0.273. The second-order valence-electron chi connectivity index (χ2n) is 3.70. The summed E-state index contributed by atoms with van der Waals surface area (Å²) in [5.74, 6) is -1.27. The van der Waals surface area contributed by atoms with Crippen molar-refractivity contribution in [1.29, 1.82) is 0 Å². The van der Waals surface area contributed by atoms with Crippen molar-refractivity contribution in [3.8, 4) is 0 Å². The van der Waals surface area contributed by atoms with E-state index in [1.807, 2.05) is 19.1 Å². The van der Waals surface area contributed by atoms with Crippen LogP contribution in [-0.2, 0) is 11.3 Å². The number of aryl methyl sites for hydroxylation is 1. The highest BCUT2D eigenvalue weighted by atomic mass is 16.5. The van der Waals surface area contributed by atoms with Gasteiger partial charge in [-0.3, -0.25) is 14.8 Å². The van der Waals surface area contributed by atoms with Crippen LogP contribution in [-0.4, -0.2) is 28.4 Å². The predicted molar refractivity (Wildman–Crippen MR) is 55.8 cm³/mol. The number of hydrogen-bond donors (Lipinski definition) is 2. The summed E-state index contributed by atoms with van der Waals surface area (Å²) in [5.41, 5.74) is 3.65. The SMILES string of the molecule is [3H]C(C(=O)NO)N1Cc2ccc(C)cc2C1=O. The van der Waals surface area contributed by atoms with Gasteiger partial charge in [0.05, 0.1) is 1.37 Å². The number of rotatable bonds is 2. The zero-order valence-corrected chi connectivity index (χ0v) is 8.73. The number of fused-ring (bicyclic) bond motifs is 1. The van der Waals surface area contributed by atoms with E-state index in [0.29, 0.717) is 5.56 Å². The first-order valence-electron chi connectivity index (χ1n) is 5.39. The molecule has 1 unspecified atom stereocenters. The van der Waals surface area contributed by atoms with Crippen LogP contribution < -0.4 is 5.48 Å². The molecule has 5 nitrogen and oxygen atoms in total. The van der Waals surface area contributed by atoms with Crippen LogP contribution in [0.2, 0.25) is 0 Å². The molecule has 0 aliphatic carbocycles. The summed E-state index contributed by atoms with van der Waals surface area (Å²) < 4.78 is 7.57. The molecule has 1 aliphatic rings. The molecule has 0 bridgehead atoms. The van der Waals surface area contributed by atoms with Gasteiger partial charge in [-0.05, 0) is 18.6 Å². The van der Waals surface area contributed by atoms with Crippen LogP contribution in [0.25, 0.3) is 0 Å². The van der Waals surface area contributed by atoms with Crippen LogP contribution in [0.1, 0.15) is 22.9 Å². The monoisotopic (exact) mass is 222 g/mol. The molecule has 2 amide bonds. The lowest BCUT2D eigenvalue weighted by molar-refractivity contribution is -0.129. The molecule has 0 spiro atoms. The number of carbonyl (C=O) groups excluding carboxylic acids is 2. The number of nitrogens with zero attached hydrogens (tertiary/aromatic N) is 1. The average molecular weight is 222 g/mol. The molecule has 0 saturated heterocycles. The van der Waals surface area contributed by atoms with Gasteiger partial charge in [0.15, 0.2) is 0 Å². The first-order valence-corrected chi connectivity index (χ1v) is 4.81. The molecule has 0 saturated carbocycles. The molecule has 1 aromatic carbocycles. The second-order valence-corrected chi connectivity index (χ2v) is 3.70. The Bertz CT molecular complexity index is 490. The number of carbonyl (C=O) groups is 2. The maximum Gasteiger partial charge on any atom is 0.262 e. The summed E-state index contributed by atoms with van der Waals surface area (Å²) in [6, 6.07) is 5.42. The normalized spacial score (nSPS) is 16.8. The Morgan fingerprint density at radius 3 is 3.12 bits per heavy atom. The Morgan fingerprint density at radius 1 is 1.69 bits per heavy atom. The predicted octanol–water partition coefficient (Wildman–Crippen LogP) is 0.456. The molecule has 2 N–H and O–H groups in total. The molecule has 0 aromatic heterocycles. The Kier molecular flexibility index (Phi) is 2.30. The molecule has 84 valence electrons. The molecule has 16 heavy (non-hydrogen) atoms. The molecule has 1 aliphatic heterocycles. The van der Waals surface area contributed by atoms with Crippen LogP contribution in [0, 0.1) is 6.92 Å². The molecule has 0 fully saturated rings. The van der Waals surface area contributed by atoms with Gasteiger partial charge in [-0.1, -0.05) is 17.7 Å². The van der Waals surface area contributed by atoms with Crippen LogP contribution >= 0.6 is 0 Å². The summed E-state index contributed by atoms with van der Waals surface area (Å²) in [6.07, 6.45) is 0. The van der Waals surface area contributed by atoms with E-state index >= 15 is 0 Å². The Morgan fingerprint density at radius 2 is 2.44 bits per heavy atom. The number of nitrogens with one attached hydrogen (secondary N) is 1. The van der Waals surface area contributed by atoms with E-state index in [1.165, 1.54) is 5.48 Å². The van der Waals surface area contributed by atoms with Crippen molar-refractivity contribution < 1.29 is 16.2 Å². The maximum atomic E-state index is 12.0. The zero-order chi connectivity index (χ0) is 12.6. The quantitative estimate of drug-likeness (QED) is 0.564. The van der Waals surface area contributed by atoms with Gasteiger partial charge in [0.2, 0.25) is 0 Å². The molecule has 5 heteroatoms. The lowest BCUT2D eigenvalue weighted by Gasteiger charge is -2.13. The molecule has 1 heterocycles. The highest BCUT2D eigenvalue weighted by molar-refractivity contribution is 6.00. The van der Waals surface area contributed by atoms with Crippen molar-refractivity contribution >= 4 is 11.8 Å². The smallest absolute Gasteiger partial charge is 0.262 e. The fourth-order valence-electron chi connectivity index (χ4n) is 1.71. The first kappa shape index (κ1) is 9.35. The molecule has 1 aromatic rings. The van der Waals surface area contributed by atoms with Gasteiger partial charge >= 0.3 is 0 Å². The molecular weight excluding hydrogens is 208 g/mol. The standard InChI is InChI=1S/C11H12N2O3/c1-7-2-3-8-5-13(6-10(14)12-16)11(15)9(8)4-7/h2-4,16H,5-6H2,1H3,(H,12,14)/i6T. The van der Waals surface area contributed by atoms with Crippen molar-refractivity contribution in [2.45, 2.75) is 13.5 Å². The van der Waals surface area contributed by atoms with Crippen molar-refractivity contribution in [3.05, 3.63) is 34.9 Å². The van der Waals surface area contributed by atoms with Crippen molar-refractivity contribution in [2.75, 3.05) is 6.52 Å². The lowest BCUT2D eigenvalue weighted by atomic mass is 10.1. The summed E-state index contributed by atoms with van der Waals surface area (Å²) in [7, 11) is 0. The summed E-state index contributed by atoms with van der Waals surface area (Å²) >= 11 is 0. The van der Waals surface area contributed by atoms with E-state index < -0.39 is 12.4 Å². The number of hydroxylamine groups is 1. The van der Waals surface area contributed by atoms with E-state index in [4.69, 9.17) is 6.58 Å². The van der Waals surface area contributed by atoms with Gasteiger partial charge in [0.1, 0.15) is 6.52 Å². The van der Waals surface area contributed by atoms with E-state index in [2.05, 4.69) is 0 Å². The first-order chi connectivity index (χ1) is 8.04. The Labute approximate surface area is 94.0 Å². The average Bonchev–Trinajstić information content (AvgIpc) is 2.65. The topological polar surface area (TPSA) is 69.6 Å². The zero-order valence-electron chi connectivity index (χ0n) is 9.73. The van der Waals surface area contributed by atoms with Gasteiger partial charge in [-0.15, -0.1) is 0 Å². The van der Waals surface area contributed by atoms with Gasteiger partial charge in [0.25, 0.3) is 11.8 Å². The Balaban J connectivity index is 2.28. The van der Waals surface area contributed by atoms with Crippen LogP contribution in [0.5, 0.6) is 0 Å². The minimum Gasteiger partial charge on any atom is -0.325 e. The third-order valence-corrected chi connectivity index (χ3v) is 2.48. The Hall–Kier alpha value is -1.88. The minimum absolute atomic E-state index is 0.218. The van der Waals surface area contributed by atoms with Crippen LogP contribution in [0.3, 0.4) is 0 Å².